The molecule has 0 fully saturated rings. The molecule has 3 rings (SSSR count). The molecule has 0 atom stereocenters. The van der Waals surface area contributed by atoms with Crippen molar-refractivity contribution in [2.24, 2.45) is 5.10 Å². The zero-order valence-electron chi connectivity index (χ0n) is 15.1. The Bertz CT molecular complexity index is 973. The molecule has 3 aromatic rings. The fourth-order valence-electron chi connectivity index (χ4n) is 2.60. The minimum atomic E-state index is -0.266. The number of rotatable bonds is 5. The zero-order valence-corrected chi connectivity index (χ0v) is 16.7. The summed E-state index contributed by atoms with van der Waals surface area (Å²) in [4.78, 5) is 30.8. The highest BCUT2D eigenvalue weighted by molar-refractivity contribution is 7.14. The summed E-state index contributed by atoms with van der Waals surface area (Å²) in [5.74, 6) is -0.381. The number of nitrogens with zero attached hydrogens (tertiary/aromatic N) is 3. The van der Waals surface area contributed by atoms with Crippen LogP contribution in [0.2, 0.25) is 0 Å². The summed E-state index contributed by atoms with van der Waals surface area (Å²) in [5.41, 5.74) is 5.88. The molecule has 2 aromatic heterocycles. The highest BCUT2D eigenvalue weighted by atomic mass is 32.1. The second-order valence-electron chi connectivity index (χ2n) is 5.83. The van der Waals surface area contributed by atoms with E-state index in [9.17, 15) is 9.59 Å². The van der Waals surface area contributed by atoms with E-state index in [4.69, 9.17) is 0 Å². The Morgan fingerprint density at radius 2 is 1.89 bits per heavy atom. The molecule has 0 spiro atoms. The van der Waals surface area contributed by atoms with Crippen LogP contribution in [0.4, 0.5) is 10.8 Å². The quantitative estimate of drug-likeness (QED) is 0.515. The van der Waals surface area contributed by atoms with Gasteiger partial charge in [0.2, 0.25) is 5.91 Å². The van der Waals surface area contributed by atoms with Gasteiger partial charge in [-0.15, -0.1) is 22.7 Å². The van der Waals surface area contributed by atoms with Gasteiger partial charge in [-0.3, -0.25) is 14.5 Å². The van der Waals surface area contributed by atoms with Crippen molar-refractivity contribution in [1.29, 1.82) is 0 Å². The van der Waals surface area contributed by atoms with Crippen molar-refractivity contribution >= 4 is 51.5 Å². The van der Waals surface area contributed by atoms with E-state index in [1.807, 2.05) is 37.4 Å². The molecule has 0 saturated carbocycles. The molecule has 0 aliphatic heterocycles. The van der Waals surface area contributed by atoms with Gasteiger partial charge >= 0.3 is 0 Å². The summed E-state index contributed by atoms with van der Waals surface area (Å²) in [7, 11) is 0. The van der Waals surface area contributed by atoms with E-state index >= 15 is 0 Å². The topological polar surface area (TPSA) is 74.7 Å². The average Bonchev–Trinajstić information content (AvgIpc) is 3.30. The molecule has 8 heteroatoms. The summed E-state index contributed by atoms with van der Waals surface area (Å²) >= 11 is 2.69. The molecule has 2 amide bonds. The number of para-hydroxylation sites is 1. The number of thiazole rings is 1. The van der Waals surface area contributed by atoms with Crippen molar-refractivity contribution < 1.29 is 9.59 Å². The van der Waals surface area contributed by atoms with E-state index in [2.05, 4.69) is 15.5 Å². The van der Waals surface area contributed by atoms with Crippen molar-refractivity contribution in [3.05, 3.63) is 62.8 Å². The first kappa shape index (κ1) is 18.9. The Hall–Kier alpha value is -2.84. The second-order valence-corrected chi connectivity index (χ2v) is 7.61. The number of benzene rings is 1. The van der Waals surface area contributed by atoms with Crippen LogP contribution in [0.1, 0.15) is 33.4 Å². The Morgan fingerprint density at radius 1 is 1.15 bits per heavy atom. The summed E-state index contributed by atoms with van der Waals surface area (Å²) < 4.78 is 0. The number of nitrogens with one attached hydrogen (secondary N) is 1. The number of aromatic nitrogens is 1. The van der Waals surface area contributed by atoms with Crippen molar-refractivity contribution in [1.82, 2.24) is 10.4 Å². The molecule has 0 bridgehead atoms. The highest BCUT2D eigenvalue weighted by Crippen LogP contribution is 2.33. The molecule has 1 aromatic carbocycles. The van der Waals surface area contributed by atoms with Gasteiger partial charge in [0.25, 0.3) is 5.91 Å². The Labute approximate surface area is 165 Å². The number of anilines is 2. The number of hydrogen-bond donors (Lipinski definition) is 1. The molecular weight excluding hydrogens is 380 g/mol. The monoisotopic (exact) mass is 398 g/mol. The minimum Gasteiger partial charge on any atom is -0.274 e. The molecule has 0 unspecified atom stereocenters. The van der Waals surface area contributed by atoms with Crippen LogP contribution < -0.4 is 10.3 Å². The van der Waals surface area contributed by atoms with Crippen molar-refractivity contribution in [2.45, 2.75) is 20.8 Å². The smallest absolute Gasteiger partial charge is 0.274 e. The SMILES string of the molecule is CC(=O)N(c1nc(/C=N\NC(=O)c2cccs2)cs1)c1c(C)cccc1C. The molecule has 0 saturated heterocycles. The molecule has 0 radical (unpaired) electrons. The van der Waals surface area contributed by atoms with Crippen LogP contribution in [0.15, 0.2) is 46.2 Å². The van der Waals surface area contributed by atoms with Crippen molar-refractivity contribution in [3.8, 4) is 0 Å². The number of carbonyl (C=O) groups is 2. The van der Waals surface area contributed by atoms with Crippen molar-refractivity contribution in [3.63, 3.8) is 0 Å². The molecule has 2 heterocycles. The average molecular weight is 399 g/mol. The van der Waals surface area contributed by atoms with E-state index in [1.54, 1.807) is 22.4 Å². The van der Waals surface area contributed by atoms with E-state index in [-0.39, 0.29) is 11.8 Å². The van der Waals surface area contributed by atoms with Gasteiger partial charge in [0, 0.05) is 12.3 Å². The number of hydrazone groups is 1. The maximum atomic E-state index is 12.3. The third-order valence-corrected chi connectivity index (χ3v) is 5.50. The molecule has 0 aliphatic rings. The van der Waals surface area contributed by atoms with Gasteiger partial charge in [-0.25, -0.2) is 10.4 Å². The molecule has 6 nitrogen and oxygen atoms in total. The third kappa shape index (κ3) is 4.29. The lowest BCUT2D eigenvalue weighted by molar-refractivity contribution is -0.115. The van der Waals surface area contributed by atoms with Crippen LogP contribution in [0.25, 0.3) is 0 Å². The molecule has 138 valence electrons. The normalized spacial score (nSPS) is 10.9. The molecule has 27 heavy (non-hydrogen) atoms. The van der Waals surface area contributed by atoms with Gasteiger partial charge in [-0.05, 0) is 36.4 Å². The molecular formula is C19H18N4O2S2. The van der Waals surface area contributed by atoms with Crippen LogP contribution in [-0.4, -0.2) is 23.0 Å². The lowest BCUT2D eigenvalue weighted by Crippen LogP contribution is -2.24. The van der Waals surface area contributed by atoms with Gasteiger partial charge in [0.15, 0.2) is 5.13 Å². The standard InChI is InChI=1S/C19H18N4O2S2/c1-12-6-4-7-13(2)17(12)23(14(3)24)19-21-15(11-27-19)10-20-22-18(25)16-8-5-9-26-16/h4-11H,1-3H3,(H,22,25)/b20-10-. The fourth-order valence-corrected chi connectivity index (χ4v) is 4.04. The maximum absolute atomic E-state index is 12.3. The Kier molecular flexibility index (Phi) is 5.78. The number of carbonyl (C=O) groups excluding carboxylic acids is 2. The first-order chi connectivity index (χ1) is 13.0. The largest absolute Gasteiger partial charge is 0.281 e. The van der Waals surface area contributed by atoms with Crippen LogP contribution in [0.3, 0.4) is 0 Å². The van der Waals surface area contributed by atoms with E-state index in [1.165, 1.54) is 35.8 Å². The maximum Gasteiger partial charge on any atom is 0.281 e. The van der Waals surface area contributed by atoms with E-state index in [0.29, 0.717) is 15.7 Å². The van der Waals surface area contributed by atoms with Gasteiger partial charge in [0.05, 0.1) is 22.5 Å². The number of aryl methyl sites for hydroxylation is 2. The second kappa shape index (κ2) is 8.24. The lowest BCUT2D eigenvalue weighted by Gasteiger charge is -2.22. The summed E-state index contributed by atoms with van der Waals surface area (Å²) in [6, 6.07) is 9.43. The Balaban J connectivity index is 1.79. The fraction of sp³-hybridized carbons (Fsp3) is 0.158. The van der Waals surface area contributed by atoms with Crippen LogP contribution in [0.5, 0.6) is 0 Å². The molecule has 1 N–H and O–H groups in total. The number of hydrogen-bond acceptors (Lipinski definition) is 6. The summed E-state index contributed by atoms with van der Waals surface area (Å²) in [6.07, 6.45) is 1.47. The number of thiophene rings is 1. The predicted molar refractivity (Wildman–Crippen MR) is 110 cm³/mol. The van der Waals surface area contributed by atoms with E-state index < -0.39 is 0 Å². The third-order valence-electron chi connectivity index (χ3n) is 3.79. The predicted octanol–water partition coefficient (Wildman–Crippen LogP) is 4.27. The summed E-state index contributed by atoms with van der Waals surface area (Å²) in [5, 5.41) is 8.13. The first-order valence-electron chi connectivity index (χ1n) is 8.16. The van der Waals surface area contributed by atoms with Gasteiger partial charge < -0.3 is 0 Å². The van der Waals surface area contributed by atoms with Crippen molar-refractivity contribution in [2.75, 3.05) is 4.90 Å². The van der Waals surface area contributed by atoms with Crippen LogP contribution in [0, 0.1) is 13.8 Å². The van der Waals surface area contributed by atoms with Crippen LogP contribution >= 0.6 is 22.7 Å². The Morgan fingerprint density at radius 3 is 2.52 bits per heavy atom. The van der Waals surface area contributed by atoms with Gasteiger partial charge in [0.1, 0.15) is 0 Å². The first-order valence-corrected chi connectivity index (χ1v) is 9.92. The van der Waals surface area contributed by atoms with Gasteiger partial charge in [-0.2, -0.15) is 5.10 Å². The van der Waals surface area contributed by atoms with Gasteiger partial charge in [-0.1, -0.05) is 24.3 Å². The summed E-state index contributed by atoms with van der Waals surface area (Å²) in [6.45, 7) is 5.45. The highest BCUT2D eigenvalue weighted by Gasteiger charge is 2.21. The molecule has 0 aliphatic carbocycles. The zero-order chi connectivity index (χ0) is 19.4. The van der Waals surface area contributed by atoms with Crippen LogP contribution in [-0.2, 0) is 4.79 Å². The lowest BCUT2D eigenvalue weighted by atomic mass is 10.1. The number of amides is 2. The minimum absolute atomic E-state index is 0.115. The van der Waals surface area contributed by atoms with E-state index in [0.717, 1.165) is 16.8 Å².